The van der Waals surface area contributed by atoms with Crippen molar-refractivity contribution in [1.82, 2.24) is 19.7 Å². The average molecular weight is 749 g/mol. The highest BCUT2D eigenvalue weighted by atomic mass is 32.2. The lowest BCUT2D eigenvalue weighted by Gasteiger charge is -2.29. The van der Waals surface area contributed by atoms with Crippen molar-refractivity contribution in [2.24, 2.45) is 5.92 Å². The van der Waals surface area contributed by atoms with E-state index in [1.165, 1.54) is 30.4 Å². The van der Waals surface area contributed by atoms with E-state index < -0.39 is 10.0 Å². The van der Waals surface area contributed by atoms with Crippen LogP contribution in [0, 0.1) is 5.92 Å². The summed E-state index contributed by atoms with van der Waals surface area (Å²) in [5, 5.41) is 12.2. The third-order valence-corrected chi connectivity index (χ3v) is 12.0. The van der Waals surface area contributed by atoms with E-state index in [0.717, 1.165) is 55.0 Å². The minimum Gasteiger partial charge on any atom is -0.377 e. The summed E-state index contributed by atoms with van der Waals surface area (Å²) in [6.45, 7) is 4.12. The van der Waals surface area contributed by atoms with Gasteiger partial charge in [0, 0.05) is 62.1 Å². The smallest absolute Gasteiger partial charge is 0.241 e. The molecule has 4 aromatic carbocycles. The predicted molar refractivity (Wildman–Crippen MR) is 223 cm³/mol. The summed E-state index contributed by atoms with van der Waals surface area (Å²) < 4.78 is 29.4. The summed E-state index contributed by atoms with van der Waals surface area (Å²) in [5.74, 6) is 2.54. The maximum Gasteiger partial charge on any atom is 0.241 e. The number of fused-ring (bicyclic) bond motifs is 1. The normalized spacial score (nSPS) is 16.0. The fraction of sp³-hybridized carbons (Fsp3) is 0.419. The number of hydrogen-bond donors (Lipinski definition) is 4. The molecule has 1 aromatic heterocycles. The molecule has 1 heterocycles. The molecule has 10 nitrogen and oxygen atoms in total. The highest BCUT2D eigenvalue weighted by molar-refractivity contribution is 7.89. The van der Waals surface area contributed by atoms with E-state index in [-0.39, 0.29) is 5.92 Å². The lowest BCUT2D eigenvalue weighted by Crippen LogP contribution is -2.31. The fourth-order valence-electron chi connectivity index (χ4n) is 7.50. The second-order valence-electron chi connectivity index (χ2n) is 14.7. The first-order valence-electron chi connectivity index (χ1n) is 19.6. The van der Waals surface area contributed by atoms with E-state index in [0.29, 0.717) is 54.3 Å². The van der Waals surface area contributed by atoms with Crippen LogP contribution in [0.15, 0.2) is 102 Å². The molecule has 5 aromatic rings. The Bertz CT molecular complexity index is 1990. The molecule has 0 aliphatic heterocycles. The standard InChI is InChI=1S/C43H56N8O2S/c1-32-18-12-13-25-38(32)47-43-49-41(48-42(50-43)45-31-28-35(33-19-8-6-9-20-33)34-21-10-7-11-22-34)44-29-14-4-5-15-30-46-54(52,53)40-27-17-23-36-37(40)24-16-26-39(36)51(2)3/h6-11,16-17,19-24,26-27,32,35,38,46H,4-5,12-15,18,25,28-31H2,1-3H3,(H3,44,45,47,48,49,50). The van der Waals surface area contributed by atoms with Crippen LogP contribution in [-0.2, 0) is 10.0 Å². The Balaban J connectivity index is 1.01. The van der Waals surface area contributed by atoms with Crippen LogP contribution in [0.2, 0.25) is 0 Å². The molecule has 1 aliphatic rings. The molecule has 0 radical (unpaired) electrons. The van der Waals surface area contributed by atoms with Crippen molar-refractivity contribution in [2.45, 2.75) is 81.6 Å². The lowest BCUT2D eigenvalue weighted by molar-refractivity contribution is 0.348. The van der Waals surface area contributed by atoms with Gasteiger partial charge in [0.25, 0.3) is 0 Å². The van der Waals surface area contributed by atoms with E-state index in [2.05, 4.69) is 88.3 Å². The van der Waals surface area contributed by atoms with E-state index >= 15 is 0 Å². The number of rotatable bonds is 19. The summed E-state index contributed by atoms with van der Waals surface area (Å²) in [4.78, 5) is 16.7. The Morgan fingerprint density at radius 2 is 1.26 bits per heavy atom. The van der Waals surface area contributed by atoms with Gasteiger partial charge >= 0.3 is 0 Å². The van der Waals surface area contributed by atoms with Crippen molar-refractivity contribution in [3.05, 3.63) is 108 Å². The van der Waals surface area contributed by atoms with E-state index in [9.17, 15) is 8.42 Å². The molecular formula is C43H56N8O2S. The first kappa shape index (κ1) is 39.0. The first-order chi connectivity index (χ1) is 26.3. The monoisotopic (exact) mass is 748 g/mol. The number of hydrogen-bond acceptors (Lipinski definition) is 9. The Kier molecular flexibility index (Phi) is 13.7. The van der Waals surface area contributed by atoms with E-state index in [1.54, 1.807) is 6.07 Å². The summed E-state index contributed by atoms with van der Waals surface area (Å²) in [6, 6.07) is 32.9. The number of sulfonamides is 1. The zero-order valence-corrected chi connectivity index (χ0v) is 32.8. The SMILES string of the molecule is CC1CCCCC1Nc1nc(NCCCCCCNS(=O)(=O)c2cccc3c(N(C)C)cccc23)nc(NCCC(c2ccccc2)c2ccccc2)n1. The van der Waals surface area contributed by atoms with Crippen LogP contribution in [0.5, 0.6) is 0 Å². The van der Waals surface area contributed by atoms with Crippen LogP contribution >= 0.6 is 0 Å². The second kappa shape index (κ2) is 19.0. The first-order valence-corrected chi connectivity index (χ1v) is 21.1. The number of nitrogens with one attached hydrogen (secondary N) is 4. The molecule has 11 heteroatoms. The molecule has 286 valence electrons. The summed E-state index contributed by atoms with van der Waals surface area (Å²) in [5.41, 5.74) is 3.57. The number of nitrogens with zero attached hydrogens (tertiary/aromatic N) is 4. The molecule has 4 N–H and O–H groups in total. The van der Waals surface area contributed by atoms with Gasteiger partial charge in [-0.3, -0.25) is 0 Å². The minimum atomic E-state index is -3.64. The zero-order valence-electron chi connectivity index (χ0n) is 32.0. The molecule has 0 bridgehead atoms. The third kappa shape index (κ3) is 10.5. The van der Waals surface area contributed by atoms with E-state index in [1.807, 2.05) is 49.3 Å². The lowest BCUT2D eigenvalue weighted by atomic mass is 9.86. The Morgan fingerprint density at radius 3 is 1.93 bits per heavy atom. The van der Waals surface area contributed by atoms with Crippen LogP contribution < -0.4 is 25.6 Å². The van der Waals surface area contributed by atoms with Gasteiger partial charge in [0.15, 0.2) is 0 Å². The molecule has 2 unspecified atom stereocenters. The maximum atomic E-state index is 13.3. The van der Waals surface area contributed by atoms with Gasteiger partial charge in [-0.2, -0.15) is 15.0 Å². The molecule has 0 amide bonds. The molecule has 1 aliphatic carbocycles. The maximum absolute atomic E-state index is 13.3. The van der Waals surface area contributed by atoms with Crippen molar-refractivity contribution < 1.29 is 8.42 Å². The molecule has 1 fully saturated rings. The average Bonchev–Trinajstić information content (AvgIpc) is 3.18. The summed E-state index contributed by atoms with van der Waals surface area (Å²) in [6.07, 6.45) is 9.23. The molecule has 0 saturated heterocycles. The molecule has 6 rings (SSSR count). The van der Waals surface area contributed by atoms with Crippen molar-refractivity contribution in [3.8, 4) is 0 Å². The van der Waals surface area contributed by atoms with Gasteiger partial charge in [-0.05, 0) is 61.3 Å². The van der Waals surface area contributed by atoms with Gasteiger partial charge in [0.05, 0.1) is 4.90 Å². The highest BCUT2D eigenvalue weighted by Gasteiger charge is 2.23. The number of unbranched alkanes of at least 4 members (excludes halogenated alkanes) is 3. The minimum absolute atomic E-state index is 0.254. The number of anilines is 4. The second-order valence-corrected chi connectivity index (χ2v) is 16.4. The van der Waals surface area contributed by atoms with Crippen molar-refractivity contribution >= 4 is 44.3 Å². The number of aromatic nitrogens is 3. The van der Waals surface area contributed by atoms with Gasteiger partial charge in [0.1, 0.15) is 0 Å². The highest BCUT2D eigenvalue weighted by Crippen LogP contribution is 2.31. The van der Waals surface area contributed by atoms with Crippen molar-refractivity contribution in [2.75, 3.05) is 54.6 Å². The van der Waals surface area contributed by atoms with Gasteiger partial charge < -0.3 is 20.9 Å². The topological polar surface area (TPSA) is 124 Å². The Labute approximate surface area is 321 Å². The van der Waals surface area contributed by atoms with Crippen molar-refractivity contribution in [1.29, 1.82) is 0 Å². The summed E-state index contributed by atoms with van der Waals surface area (Å²) >= 11 is 0. The molecule has 2 atom stereocenters. The molecule has 54 heavy (non-hydrogen) atoms. The van der Waals surface area contributed by atoms with Gasteiger partial charge in [-0.25, -0.2) is 13.1 Å². The van der Waals surface area contributed by atoms with Crippen LogP contribution in [0.3, 0.4) is 0 Å². The third-order valence-electron chi connectivity index (χ3n) is 10.5. The van der Waals surface area contributed by atoms with E-state index in [4.69, 9.17) is 15.0 Å². The molecule has 1 saturated carbocycles. The zero-order chi connectivity index (χ0) is 37.8. The number of benzene rings is 4. The Hall–Kier alpha value is -4.74. The quantitative estimate of drug-likeness (QED) is 0.0615. The predicted octanol–water partition coefficient (Wildman–Crippen LogP) is 8.67. The fourth-order valence-corrected chi connectivity index (χ4v) is 8.79. The Morgan fingerprint density at radius 1 is 0.667 bits per heavy atom. The van der Waals surface area contributed by atoms with Crippen LogP contribution in [0.25, 0.3) is 10.8 Å². The largest absolute Gasteiger partial charge is 0.377 e. The van der Waals surface area contributed by atoms with Crippen LogP contribution in [0.1, 0.15) is 81.8 Å². The van der Waals surface area contributed by atoms with Crippen molar-refractivity contribution in [3.63, 3.8) is 0 Å². The van der Waals surface area contributed by atoms with Crippen LogP contribution in [-0.4, -0.2) is 63.1 Å². The van der Waals surface area contributed by atoms with Gasteiger partial charge in [-0.15, -0.1) is 0 Å². The summed E-state index contributed by atoms with van der Waals surface area (Å²) in [7, 11) is 0.287. The van der Waals surface area contributed by atoms with Crippen LogP contribution in [0.4, 0.5) is 23.5 Å². The van der Waals surface area contributed by atoms with Gasteiger partial charge in [0.2, 0.25) is 27.9 Å². The molecular weight excluding hydrogens is 693 g/mol. The van der Waals surface area contributed by atoms with Gasteiger partial charge in [-0.1, -0.05) is 118 Å². The molecule has 0 spiro atoms.